The second-order valence-electron chi connectivity index (χ2n) is 5.54. The summed E-state index contributed by atoms with van der Waals surface area (Å²) >= 11 is 6.04. The van der Waals surface area contributed by atoms with Gasteiger partial charge in [0, 0.05) is 29.2 Å². The van der Waals surface area contributed by atoms with Gasteiger partial charge in [-0.15, -0.1) is 0 Å². The number of esters is 1. The van der Waals surface area contributed by atoms with Gasteiger partial charge in [-0.2, -0.15) is 5.10 Å². The van der Waals surface area contributed by atoms with Crippen LogP contribution in [0.4, 0.5) is 0 Å². The van der Waals surface area contributed by atoms with Crippen LogP contribution in [0, 0.1) is 13.8 Å². The van der Waals surface area contributed by atoms with E-state index in [-0.39, 0.29) is 23.1 Å². The van der Waals surface area contributed by atoms with Gasteiger partial charge in [0.05, 0.1) is 5.69 Å². The molecule has 2 aromatic heterocycles. The molecule has 24 heavy (non-hydrogen) atoms. The van der Waals surface area contributed by atoms with Crippen molar-refractivity contribution in [1.82, 2.24) is 14.8 Å². The summed E-state index contributed by atoms with van der Waals surface area (Å²) < 4.78 is 6.54. The summed E-state index contributed by atoms with van der Waals surface area (Å²) in [5.74, 6) is -0.924. The number of nitrogens with zero attached hydrogens (tertiary/aromatic N) is 2. The number of halogens is 1. The highest BCUT2D eigenvalue weighted by molar-refractivity contribution is 6.32. The lowest BCUT2D eigenvalue weighted by Gasteiger charge is -2.05. The van der Waals surface area contributed by atoms with Gasteiger partial charge in [0.15, 0.2) is 6.61 Å². The number of carbonyl (C=O) groups is 2. The lowest BCUT2D eigenvalue weighted by molar-refractivity contribution is 0.0474. The first kappa shape index (κ1) is 16.3. The van der Waals surface area contributed by atoms with Gasteiger partial charge < -0.3 is 9.72 Å². The molecule has 1 N–H and O–H groups in total. The molecule has 0 fully saturated rings. The fourth-order valence-corrected chi connectivity index (χ4v) is 3.02. The van der Waals surface area contributed by atoms with Crippen molar-refractivity contribution in [3.05, 3.63) is 51.9 Å². The molecular formula is C17H16ClN3O3. The van der Waals surface area contributed by atoms with E-state index in [1.807, 2.05) is 31.2 Å². The minimum Gasteiger partial charge on any atom is -0.454 e. The van der Waals surface area contributed by atoms with Gasteiger partial charge in [0.25, 0.3) is 0 Å². The molecule has 0 radical (unpaired) electrons. The first-order chi connectivity index (χ1) is 11.4. The smallest absolute Gasteiger partial charge is 0.343 e. The van der Waals surface area contributed by atoms with Gasteiger partial charge >= 0.3 is 5.97 Å². The SMILES string of the molecule is Cc1nn(C)c(Cl)c1C(=O)OCC(=O)c1c(C)[nH]c2ccccc12. The van der Waals surface area contributed by atoms with E-state index in [2.05, 4.69) is 10.1 Å². The molecular weight excluding hydrogens is 330 g/mol. The Kier molecular flexibility index (Phi) is 4.15. The second kappa shape index (κ2) is 6.13. The molecule has 0 aliphatic rings. The average Bonchev–Trinajstić information content (AvgIpc) is 3.00. The molecule has 7 heteroatoms. The number of aromatic nitrogens is 3. The van der Waals surface area contributed by atoms with Gasteiger partial charge in [-0.25, -0.2) is 4.79 Å². The Morgan fingerprint density at radius 3 is 2.62 bits per heavy atom. The van der Waals surface area contributed by atoms with E-state index in [1.54, 1.807) is 14.0 Å². The maximum atomic E-state index is 12.5. The molecule has 0 aliphatic carbocycles. The number of hydrogen-bond donors (Lipinski definition) is 1. The van der Waals surface area contributed by atoms with E-state index in [4.69, 9.17) is 16.3 Å². The summed E-state index contributed by atoms with van der Waals surface area (Å²) in [7, 11) is 1.63. The van der Waals surface area contributed by atoms with Crippen LogP contribution in [-0.2, 0) is 11.8 Å². The van der Waals surface area contributed by atoms with Crippen molar-refractivity contribution in [2.45, 2.75) is 13.8 Å². The summed E-state index contributed by atoms with van der Waals surface area (Å²) in [5.41, 5.74) is 2.79. The second-order valence-corrected chi connectivity index (χ2v) is 5.90. The number of aromatic amines is 1. The zero-order chi connectivity index (χ0) is 17.4. The lowest BCUT2D eigenvalue weighted by atomic mass is 10.1. The number of H-pyrrole nitrogens is 1. The van der Waals surface area contributed by atoms with Gasteiger partial charge in [-0.3, -0.25) is 9.48 Å². The first-order valence-electron chi connectivity index (χ1n) is 7.37. The molecule has 3 rings (SSSR count). The largest absolute Gasteiger partial charge is 0.454 e. The van der Waals surface area contributed by atoms with Crippen molar-refractivity contribution in [3.63, 3.8) is 0 Å². The molecule has 3 aromatic rings. The number of hydrogen-bond acceptors (Lipinski definition) is 4. The van der Waals surface area contributed by atoms with E-state index in [1.165, 1.54) is 4.68 Å². The van der Waals surface area contributed by atoms with E-state index >= 15 is 0 Å². The highest BCUT2D eigenvalue weighted by Crippen LogP contribution is 2.23. The number of ether oxygens (including phenoxy) is 1. The predicted octanol–water partition coefficient (Wildman–Crippen LogP) is 3.21. The maximum Gasteiger partial charge on any atom is 0.343 e. The van der Waals surface area contributed by atoms with Crippen LogP contribution in [0.2, 0.25) is 5.15 Å². The van der Waals surface area contributed by atoms with E-state index in [9.17, 15) is 9.59 Å². The third-order valence-electron chi connectivity index (χ3n) is 3.86. The zero-order valence-electron chi connectivity index (χ0n) is 13.5. The molecule has 0 saturated heterocycles. The molecule has 0 amide bonds. The van der Waals surface area contributed by atoms with Crippen LogP contribution in [0.25, 0.3) is 10.9 Å². The summed E-state index contributed by atoms with van der Waals surface area (Å²) in [6.07, 6.45) is 0. The van der Waals surface area contributed by atoms with Crippen LogP contribution in [-0.4, -0.2) is 33.1 Å². The number of ketones is 1. The number of aryl methyl sites for hydroxylation is 3. The van der Waals surface area contributed by atoms with Crippen molar-refractivity contribution in [2.24, 2.45) is 7.05 Å². The van der Waals surface area contributed by atoms with Crippen LogP contribution in [0.3, 0.4) is 0 Å². The molecule has 0 spiro atoms. The van der Waals surface area contributed by atoms with Crippen LogP contribution in [0.5, 0.6) is 0 Å². The fourth-order valence-electron chi connectivity index (χ4n) is 2.77. The van der Waals surface area contributed by atoms with Gasteiger partial charge in [0.2, 0.25) is 5.78 Å². The van der Waals surface area contributed by atoms with Crippen molar-refractivity contribution < 1.29 is 14.3 Å². The van der Waals surface area contributed by atoms with Crippen molar-refractivity contribution in [1.29, 1.82) is 0 Å². The lowest BCUT2D eigenvalue weighted by Crippen LogP contribution is -2.15. The first-order valence-corrected chi connectivity index (χ1v) is 7.74. The number of nitrogens with one attached hydrogen (secondary N) is 1. The normalized spacial score (nSPS) is 11.0. The van der Waals surface area contributed by atoms with Crippen LogP contribution >= 0.6 is 11.6 Å². The van der Waals surface area contributed by atoms with Crippen LogP contribution in [0.15, 0.2) is 24.3 Å². The molecule has 0 unspecified atom stereocenters. The zero-order valence-corrected chi connectivity index (χ0v) is 14.3. The quantitative estimate of drug-likeness (QED) is 0.582. The predicted molar refractivity (Wildman–Crippen MR) is 90.6 cm³/mol. The van der Waals surface area contributed by atoms with Gasteiger partial charge in [0.1, 0.15) is 10.7 Å². The monoisotopic (exact) mass is 345 g/mol. The minimum atomic E-state index is -0.656. The van der Waals surface area contributed by atoms with Crippen molar-refractivity contribution in [3.8, 4) is 0 Å². The number of carbonyl (C=O) groups excluding carboxylic acids is 2. The molecule has 0 aliphatic heterocycles. The summed E-state index contributed by atoms with van der Waals surface area (Å²) in [6, 6.07) is 7.50. The number of benzene rings is 1. The van der Waals surface area contributed by atoms with Crippen LogP contribution in [0.1, 0.15) is 32.1 Å². The van der Waals surface area contributed by atoms with E-state index in [0.717, 1.165) is 16.6 Å². The average molecular weight is 346 g/mol. The molecule has 0 saturated carbocycles. The number of fused-ring (bicyclic) bond motifs is 1. The standard InChI is InChI=1S/C17H16ClN3O3/c1-9-14(11-6-4-5-7-12(11)19-9)13(22)8-24-17(23)15-10(2)20-21(3)16(15)18/h4-7,19H,8H2,1-3H3. The topological polar surface area (TPSA) is 77.0 Å². The number of para-hydroxylation sites is 1. The van der Waals surface area contributed by atoms with E-state index in [0.29, 0.717) is 11.3 Å². The molecule has 2 heterocycles. The molecule has 0 bridgehead atoms. The Morgan fingerprint density at radius 2 is 1.96 bits per heavy atom. The Morgan fingerprint density at radius 1 is 1.25 bits per heavy atom. The Bertz CT molecular complexity index is 956. The molecule has 0 atom stereocenters. The fraction of sp³-hybridized carbons (Fsp3) is 0.235. The highest BCUT2D eigenvalue weighted by atomic mass is 35.5. The Hall–Kier alpha value is -2.60. The summed E-state index contributed by atoms with van der Waals surface area (Å²) in [4.78, 5) is 27.9. The van der Waals surface area contributed by atoms with Crippen LogP contribution < -0.4 is 0 Å². The Labute approximate surface area is 143 Å². The Balaban J connectivity index is 1.80. The van der Waals surface area contributed by atoms with Crippen molar-refractivity contribution >= 4 is 34.3 Å². The maximum absolute atomic E-state index is 12.5. The summed E-state index contributed by atoms with van der Waals surface area (Å²) in [6.45, 7) is 3.12. The number of rotatable bonds is 4. The summed E-state index contributed by atoms with van der Waals surface area (Å²) in [5, 5.41) is 5.06. The van der Waals surface area contributed by atoms with Crippen molar-refractivity contribution in [2.75, 3.05) is 6.61 Å². The number of Topliss-reactive ketones (excluding diaryl/α,β-unsaturated/α-hetero) is 1. The minimum absolute atomic E-state index is 0.183. The van der Waals surface area contributed by atoms with Gasteiger partial charge in [-0.05, 0) is 19.9 Å². The third kappa shape index (κ3) is 2.69. The van der Waals surface area contributed by atoms with E-state index < -0.39 is 5.97 Å². The third-order valence-corrected chi connectivity index (χ3v) is 4.30. The van der Waals surface area contributed by atoms with Gasteiger partial charge in [-0.1, -0.05) is 29.8 Å². The highest BCUT2D eigenvalue weighted by Gasteiger charge is 2.23. The molecule has 124 valence electrons. The molecule has 6 nitrogen and oxygen atoms in total. The molecule has 1 aromatic carbocycles.